The molecule has 0 bridgehead atoms. The predicted octanol–water partition coefficient (Wildman–Crippen LogP) is 16.7. The van der Waals surface area contributed by atoms with Crippen molar-refractivity contribution in [2.75, 3.05) is 9.80 Å². The zero-order valence-corrected chi connectivity index (χ0v) is 44.6. The summed E-state index contributed by atoms with van der Waals surface area (Å²) in [6, 6.07) is 72.3. The molecular weight excluding hydrogens is 981 g/mol. The van der Waals surface area contributed by atoms with Crippen molar-refractivity contribution >= 4 is 34.1 Å². The number of fused-ring (bicyclic) bond motifs is 4. The molecule has 0 saturated carbocycles. The molecule has 0 unspecified atom stereocenters. The lowest BCUT2D eigenvalue weighted by Crippen LogP contribution is -2.30. The van der Waals surface area contributed by atoms with Crippen LogP contribution in [0, 0.1) is 0 Å². The molecule has 0 spiro atoms. The van der Waals surface area contributed by atoms with E-state index >= 15 is 0 Å². The first kappa shape index (κ1) is 48.1. The Labute approximate surface area is 465 Å². The molecule has 10 nitrogen and oxygen atoms in total. The second kappa shape index (κ2) is 19.3. The van der Waals surface area contributed by atoms with Gasteiger partial charge in [0.05, 0.1) is 56.9 Å². The van der Waals surface area contributed by atoms with Gasteiger partial charge in [-0.15, -0.1) is 0 Å². The molecule has 0 atom stereocenters. The lowest BCUT2D eigenvalue weighted by atomic mass is 9.73. The van der Waals surface area contributed by atoms with Gasteiger partial charge >= 0.3 is 0 Å². The van der Waals surface area contributed by atoms with E-state index in [4.69, 9.17) is 29.9 Å². The van der Waals surface area contributed by atoms with Gasteiger partial charge in [-0.05, 0) is 143 Å². The van der Waals surface area contributed by atoms with Crippen LogP contribution in [0.2, 0.25) is 0 Å². The van der Waals surface area contributed by atoms with Crippen molar-refractivity contribution in [2.24, 2.45) is 0 Å². The smallest absolute Gasteiger partial charge is 0.162 e. The van der Waals surface area contributed by atoms with E-state index in [1.54, 1.807) is 24.8 Å². The number of aromatic nitrogens is 8. The molecule has 0 saturated heterocycles. The first-order valence-corrected chi connectivity index (χ1v) is 26.9. The van der Waals surface area contributed by atoms with Crippen LogP contribution in [0.3, 0.4) is 0 Å². The number of nitrogens with zero attached hydrogens (tertiary/aromatic N) is 10. The Balaban J connectivity index is 1.08. The Bertz CT molecular complexity index is 3820. The molecule has 6 aromatic heterocycles. The minimum atomic E-state index is -0.253. The normalized spacial score (nSPS) is 13.7. The van der Waals surface area contributed by atoms with Crippen molar-refractivity contribution in [3.8, 4) is 79.2 Å². The monoisotopic (exact) mass is 1030 g/mol. The first-order chi connectivity index (χ1) is 39.2. The molecule has 6 aromatic carbocycles. The second-order valence-electron chi connectivity index (χ2n) is 21.3. The zero-order valence-electron chi connectivity index (χ0n) is 44.6. The highest BCUT2D eigenvalue weighted by atomic mass is 15.2. The van der Waals surface area contributed by atoms with E-state index in [0.29, 0.717) is 34.4 Å². The largest absolute Gasteiger partial charge is 0.310 e. The van der Waals surface area contributed by atoms with Gasteiger partial charge in [0.2, 0.25) is 0 Å². The van der Waals surface area contributed by atoms with Gasteiger partial charge in [-0.1, -0.05) is 125 Å². The van der Waals surface area contributed by atoms with Gasteiger partial charge in [-0.3, -0.25) is 19.9 Å². The summed E-state index contributed by atoms with van der Waals surface area (Å²) in [6.45, 7) is 9.26. The summed E-state index contributed by atoms with van der Waals surface area (Å²) in [7, 11) is 0. The van der Waals surface area contributed by atoms with Gasteiger partial charge in [-0.25, -0.2) is 19.9 Å². The van der Waals surface area contributed by atoms with Crippen LogP contribution in [-0.2, 0) is 10.8 Å². The van der Waals surface area contributed by atoms with E-state index in [0.717, 1.165) is 78.9 Å². The van der Waals surface area contributed by atoms with Crippen molar-refractivity contribution in [2.45, 2.75) is 38.5 Å². The third kappa shape index (κ3) is 8.19. The molecule has 0 radical (unpaired) electrons. The van der Waals surface area contributed by atoms with E-state index < -0.39 is 0 Å². The summed E-state index contributed by atoms with van der Waals surface area (Å²) in [6.07, 6.45) is 10.8. The molecule has 0 N–H and O–H groups in total. The number of hydrogen-bond acceptors (Lipinski definition) is 10. The maximum absolute atomic E-state index is 5.50. The zero-order chi connectivity index (χ0) is 54.0. The number of benzene rings is 6. The summed E-state index contributed by atoms with van der Waals surface area (Å²) >= 11 is 0. The Morgan fingerprint density at radius 3 is 1.01 bits per heavy atom. The average molecular weight is 1030 g/mol. The number of para-hydroxylation sites is 4. The molecule has 0 amide bonds. The summed E-state index contributed by atoms with van der Waals surface area (Å²) < 4.78 is 0. The topological polar surface area (TPSA) is 110 Å². The first-order valence-electron chi connectivity index (χ1n) is 26.9. The number of pyridine rings is 4. The quantitative estimate of drug-likeness (QED) is 0.139. The van der Waals surface area contributed by atoms with Gasteiger partial charge in [0.1, 0.15) is 0 Å². The van der Waals surface area contributed by atoms with Crippen molar-refractivity contribution in [3.05, 3.63) is 266 Å². The summed E-state index contributed by atoms with van der Waals surface area (Å²) in [5, 5.41) is 0. The Hall–Kier alpha value is -10.3. The number of hydrogen-bond donors (Lipinski definition) is 0. The Kier molecular flexibility index (Phi) is 11.6. The van der Waals surface area contributed by atoms with Gasteiger partial charge < -0.3 is 9.80 Å². The highest BCUT2D eigenvalue weighted by Crippen LogP contribution is 2.55. The van der Waals surface area contributed by atoms with Crippen LogP contribution >= 0.6 is 0 Å². The van der Waals surface area contributed by atoms with Crippen LogP contribution in [0.25, 0.3) is 79.2 Å². The fourth-order valence-corrected chi connectivity index (χ4v) is 11.8. The molecule has 8 heterocycles. The van der Waals surface area contributed by atoms with Gasteiger partial charge in [0, 0.05) is 81.6 Å². The van der Waals surface area contributed by atoms with Crippen LogP contribution in [0.5, 0.6) is 0 Å². The van der Waals surface area contributed by atoms with Gasteiger partial charge in [-0.2, -0.15) is 0 Å². The maximum atomic E-state index is 5.50. The van der Waals surface area contributed by atoms with Gasteiger partial charge in [0.15, 0.2) is 11.6 Å². The van der Waals surface area contributed by atoms with Crippen LogP contribution in [0.1, 0.15) is 49.9 Å². The highest BCUT2D eigenvalue weighted by Gasteiger charge is 2.39. The van der Waals surface area contributed by atoms with Crippen LogP contribution in [0.15, 0.2) is 243 Å². The summed E-state index contributed by atoms with van der Waals surface area (Å²) in [5.74, 6) is 1.06. The van der Waals surface area contributed by atoms with Crippen LogP contribution in [-0.4, -0.2) is 39.9 Å². The average Bonchev–Trinajstić information content (AvgIpc) is 3.31. The predicted molar refractivity (Wildman–Crippen MR) is 320 cm³/mol. The molecule has 14 rings (SSSR count). The molecular formula is C70H52N10. The van der Waals surface area contributed by atoms with Crippen LogP contribution < -0.4 is 9.80 Å². The Morgan fingerprint density at radius 1 is 0.300 bits per heavy atom. The van der Waals surface area contributed by atoms with Crippen molar-refractivity contribution in [1.29, 1.82) is 0 Å². The minimum Gasteiger partial charge on any atom is -0.310 e. The molecule has 382 valence electrons. The van der Waals surface area contributed by atoms with E-state index in [1.165, 1.54) is 22.3 Å². The van der Waals surface area contributed by atoms with Crippen molar-refractivity contribution in [1.82, 2.24) is 39.9 Å². The van der Waals surface area contributed by atoms with Gasteiger partial charge in [0.25, 0.3) is 0 Å². The van der Waals surface area contributed by atoms with Crippen molar-refractivity contribution in [3.63, 3.8) is 0 Å². The van der Waals surface area contributed by atoms with E-state index in [-0.39, 0.29) is 10.8 Å². The molecule has 2 aliphatic rings. The number of anilines is 6. The molecule has 80 heavy (non-hydrogen) atoms. The standard InChI is InChI=1S/C70H52N10/c1-69(2)53-21-5-9-27-63(53)79(64-28-10-6-22-54(64)69)47-31-33-49(51(39-47)59-41-61(57-25-13-15-37-73-57)77-67(75-59)45-19-17-35-71-43-45)50-34-32-48(80-65-29-11-7-23-55(65)70(3,4)56-24-8-12-30-66(56)80)40-52(50)60-42-62(58-26-14-16-38-74-58)78-68(76-60)46-20-18-36-72-44-46/h5-44H,1-4H3. The minimum absolute atomic E-state index is 0.253. The molecule has 0 fully saturated rings. The lowest BCUT2D eigenvalue weighted by molar-refractivity contribution is 0.632. The summed E-state index contributed by atoms with van der Waals surface area (Å²) in [5.41, 5.74) is 20.3. The molecule has 12 aromatic rings. The number of rotatable bonds is 9. The SMILES string of the molecule is CC1(C)c2ccccc2N(c2ccc(-c3ccc(N4c5ccccc5C(C)(C)c5ccccc54)cc3-c3cc(-c4ccccn4)nc(-c4cccnc4)n3)c(-c3cc(-c4ccccn4)nc(-c4cccnc4)n3)c2)c2ccccc21. The third-order valence-corrected chi connectivity index (χ3v) is 15.8. The molecule has 0 aliphatic carbocycles. The van der Waals surface area contributed by atoms with E-state index in [2.05, 4.69) is 193 Å². The fourth-order valence-electron chi connectivity index (χ4n) is 11.8. The lowest BCUT2D eigenvalue weighted by Gasteiger charge is -2.42. The Morgan fingerprint density at radius 2 is 0.662 bits per heavy atom. The molecule has 10 heteroatoms. The maximum Gasteiger partial charge on any atom is 0.162 e. The van der Waals surface area contributed by atoms with Crippen LogP contribution in [0.4, 0.5) is 34.1 Å². The van der Waals surface area contributed by atoms with E-state index in [1.807, 2.05) is 73.1 Å². The van der Waals surface area contributed by atoms with Crippen molar-refractivity contribution < 1.29 is 0 Å². The third-order valence-electron chi connectivity index (χ3n) is 15.8. The molecule has 2 aliphatic heterocycles. The second-order valence-corrected chi connectivity index (χ2v) is 21.3. The van der Waals surface area contributed by atoms with E-state index in [9.17, 15) is 0 Å². The fraction of sp³-hybridized carbons (Fsp3) is 0.0857. The summed E-state index contributed by atoms with van der Waals surface area (Å²) in [4.78, 5) is 44.9. The highest BCUT2D eigenvalue weighted by molar-refractivity contribution is 5.98.